The van der Waals surface area contributed by atoms with Crippen LogP contribution in [0.3, 0.4) is 0 Å². The lowest BCUT2D eigenvalue weighted by atomic mass is 9.98. The Morgan fingerprint density at radius 2 is 1.75 bits per heavy atom. The zero-order chi connectivity index (χ0) is 19.3. The van der Waals surface area contributed by atoms with E-state index in [2.05, 4.69) is 24.0 Å². The molecule has 6 heteroatoms. The van der Waals surface area contributed by atoms with E-state index in [1.165, 1.54) is 31.4 Å². The van der Waals surface area contributed by atoms with Crippen molar-refractivity contribution >= 4 is 45.9 Å². The van der Waals surface area contributed by atoms with Crippen molar-refractivity contribution in [3.63, 3.8) is 0 Å². The van der Waals surface area contributed by atoms with Crippen LogP contribution in [-0.4, -0.2) is 37.0 Å². The third-order valence-corrected chi connectivity index (χ3v) is 8.14. The predicted octanol–water partition coefficient (Wildman–Crippen LogP) is 5.50. The van der Waals surface area contributed by atoms with Gasteiger partial charge in [-0.05, 0) is 61.7 Å². The molecule has 0 bridgehead atoms. The van der Waals surface area contributed by atoms with Crippen molar-refractivity contribution in [1.82, 2.24) is 4.90 Å². The van der Waals surface area contributed by atoms with Gasteiger partial charge in [0, 0.05) is 57.1 Å². The van der Waals surface area contributed by atoms with Gasteiger partial charge in [-0.2, -0.15) is 0 Å². The quantitative estimate of drug-likeness (QED) is 0.538. The maximum atomic E-state index is 13.1. The first-order valence-corrected chi connectivity index (χ1v) is 11.6. The summed E-state index contributed by atoms with van der Waals surface area (Å²) in [7, 11) is 0. The highest BCUT2D eigenvalue weighted by Gasteiger charge is 2.27. The van der Waals surface area contributed by atoms with Gasteiger partial charge in [0.05, 0.1) is 4.88 Å². The molecule has 1 fully saturated rings. The zero-order valence-corrected chi connectivity index (χ0v) is 18.1. The number of benzene rings is 1. The fraction of sp³-hybridized carbons (Fsp3) is 0.318. The van der Waals surface area contributed by atoms with Gasteiger partial charge in [0.25, 0.3) is 5.91 Å². The normalized spacial score (nSPS) is 16.1. The number of amides is 1. The Labute approximate surface area is 178 Å². The molecule has 1 aliphatic heterocycles. The van der Waals surface area contributed by atoms with Gasteiger partial charge in [-0.1, -0.05) is 11.6 Å². The molecule has 3 heterocycles. The highest BCUT2D eigenvalue weighted by molar-refractivity contribution is 7.18. The standard InChI is InChI=1S/C22H21ClN2OS2/c1-14-12-18-19(27-14)7-2-15-13-20(28-21(15)18)22(26)25-10-8-24(9-11-25)17-5-3-16(23)4-6-17/h3-6,12-13H,2,7-11H2,1H3. The molecule has 0 atom stereocenters. The Morgan fingerprint density at radius 1 is 1.00 bits per heavy atom. The first kappa shape index (κ1) is 18.2. The summed E-state index contributed by atoms with van der Waals surface area (Å²) in [6.07, 6.45) is 2.15. The summed E-state index contributed by atoms with van der Waals surface area (Å²) in [5.41, 5.74) is 3.88. The third-order valence-electron chi connectivity index (χ3n) is 5.58. The molecule has 0 saturated carbocycles. The summed E-state index contributed by atoms with van der Waals surface area (Å²) >= 11 is 9.56. The summed E-state index contributed by atoms with van der Waals surface area (Å²) < 4.78 is 0. The van der Waals surface area contributed by atoms with Gasteiger partial charge < -0.3 is 9.80 Å². The molecule has 1 aromatic carbocycles. The number of nitrogens with zero attached hydrogens (tertiary/aromatic N) is 2. The van der Waals surface area contributed by atoms with E-state index < -0.39 is 0 Å². The number of hydrogen-bond acceptors (Lipinski definition) is 4. The minimum atomic E-state index is 0.184. The smallest absolute Gasteiger partial charge is 0.264 e. The van der Waals surface area contributed by atoms with E-state index in [4.69, 9.17) is 11.6 Å². The SMILES string of the molecule is Cc1cc2c(s1)CCc1cc(C(=O)N3CCN(c4ccc(Cl)cc4)CC3)sc1-2. The summed E-state index contributed by atoms with van der Waals surface area (Å²) in [6, 6.07) is 12.4. The van der Waals surface area contributed by atoms with Crippen LogP contribution < -0.4 is 4.90 Å². The molecule has 1 saturated heterocycles. The fourth-order valence-electron chi connectivity index (χ4n) is 4.11. The van der Waals surface area contributed by atoms with Crippen LogP contribution in [-0.2, 0) is 12.8 Å². The molecule has 0 spiro atoms. The van der Waals surface area contributed by atoms with E-state index in [0.717, 1.165) is 48.9 Å². The summed E-state index contributed by atoms with van der Waals surface area (Å²) in [5.74, 6) is 0.184. The molecule has 0 unspecified atom stereocenters. The van der Waals surface area contributed by atoms with E-state index >= 15 is 0 Å². The predicted molar refractivity (Wildman–Crippen MR) is 119 cm³/mol. The molecule has 5 rings (SSSR count). The minimum absolute atomic E-state index is 0.184. The molecule has 0 N–H and O–H groups in total. The second-order valence-corrected chi connectivity index (χ2v) is 10.2. The monoisotopic (exact) mass is 428 g/mol. The van der Waals surface area contributed by atoms with Crippen molar-refractivity contribution < 1.29 is 4.79 Å². The number of piperazine rings is 1. The second-order valence-electron chi connectivity index (χ2n) is 7.41. The van der Waals surface area contributed by atoms with Crippen LogP contribution in [0.4, 0.5) is 5.69 Å². The number of fused-ring (bicyclic) bond motifs is 3. The van der Waals surface area contributed by atoms with Crippen LogP contribution in [0.25, 0.3) is 10.4 Å². The van der Waals surface area contributed by atoms with Crippen molar-refractivity contribution in [2.24, 2.45) is 0 Å². The Bertz CT molecular complexity index is 1030. The molecular formula is C22H21ClN2OS2. The topological polar surface area (TPSA) is 23.6 Å². The number of carbonyl (C=O) groups is 1. The Morgan fingerprint density at radius 3 is 2.50 bits per heavy atom. The molecule has 0 radical (unpaired) electrons. The lowest BCUT2D eigenvalue weighted by Crippen LogP contribution is -2.48. The number of rotatable bonds is 2. The van der Waals surface area contributed by atoms with E-state index in [-0.39, 0.29) is 5.91 Å². The van der Waals surface area contributed by atoms with Crippen LogP contribution in [0.2, 0.25) is 5.02 Å². The first-order chi connectivity index (χ1) is 13.6. The van der Waals surface area contributed by atoms with Gasteiger partial charge in [-0.25, -0.2) is 0 Å². The minimum Gasteiger partial charge on any atom is -0.368 e. The molecular weight excluding hydrogens is 408 g/mol. The van der Waals surface area contributed by atoms with Crippen molar-refractivity contribution in [2.75, 3.05) is 31.1 Å². The number of hydrogen-bond donors (Lipinski definition) is 0. The van der Waals surface area contributed by atoms with Crippen LogP contribution in [0, 0.1) is 6.92 Å². The third kappa shape index (κ3) is 3.25. The fourth-order valence-corrected chi connectivity index (χ4v) is 6.56. The average Bonchev–Trinajstić information content (AvgIpc) is 3.30. The molecule has 3 aromatic rings. The lowest BCUT2D eigenvalue weighted by molar-refractivity contribution is 0.0751. The van der Waals surface area contributed by atoms with Gasteiger partial charge in [-0.3, -0.25) is 4.79 Å². The molecule has 1 amide bonds. The summed E-state index contributed by atoms with van der Waals surface area (Å²) in [5, 5.41) is 0.753. The maximum absolute atomic E-state index is 13.1. The van der Waals surface area contributed by atoms with Crippen LogP contribution in [0.15, 0.2) is 36.4 Å². The molecule has 3 nitrogen and oxygen atoms in total. The molecule has 1 aliphatic carbocycles. The van der Waals surface area contributed by atoms with Crippen LogP contribution >= 0.6 is 34.3 Å². The molecule has 2 aromatic heterocycles. The number of thiophene rings is 2. The van der Waals surface area contributed by atoms with Crippen molar-refractivity contribution in [2.45, 2.75) is 19.8 Å². The number of halogens is 1. The Balaban J connectivity index is 1.31. The van der Waals surface area contributed by atoms with E-state index in [1.807, 2.05) is 40.5 Å². The van der Waals surface area contributed by atoms with Gasteiger partial charge in [-0.15, -0.1) is 22.7 Å². The van der Waals surface area contributed by atoms with Gasteiger partial charge >= 0.3 is 0 Å². The lowest BCUT2D eigenvalue weighted by Gasteiger charge is -2.36. The Kier molecular flexibility index (Phi) is 4.69. The highest BCUT2D eigenvalue weighted by Crippen LogP contribution is 2.43. The van der Waals surface area contributed by atoms with Gasteiger partial charge in [0.1, 0.15) is 0 Å². The number of aryl methyl sites for hydroxylation is 3. The van der Waals surface area contributed by atoms with Crippen molar-refractivity contribution in [3.8, 4) is 10.4 Å². The molecule has 28 heavy (non-hydrogen) atoms. The second kappa shape index (κ2) is 7.21. The van der Waals surface area contributed by atoms with Gasteiger partial charge in [0.15, 0.2) is 0 Å². The van der Waals surface area contributed by atoms with Crippen molar-refractivity contribution in [3.05, 3.63) is 61.6 Å². The Hall–Kier alpha value is -1.82. The largest absolute Gasteiger partial charge is 0.368 e. The highest BCUT2D eigenvalue weighted by atomic mass is 35.5. The van der Waals surface area contributed by atoms with E-state index in [0.29, 0.717) is 0 Å². The van der Waals surface area contributed by atoms with Crippen molar-refractivity contribution in [1.29, 1.82) is 0 Å². The molecule has 144 valence electrons. The zero-order valence-electron chi connectivity index (χ0n) is 15.7. The van der Waals surface area contributed by atoms with E-state index in [9.17, 15) is 4.79 Å². The summed E-state index contributed by atoms with van der Waals surface area (Å²) in [4.78, 5) is 22.5. The first-order valence-electron chi connectivity index (χ1n) is 9.60. The van der Waals surface area contributed by atoms with Crippen LogP contribution in [0.1, 0.15) is 25.0 Å². The number of carbonyl (C=O) groups excluding carboxylic acids is 1. The summed E-state index contributed by atoms with van der Waals surface area (Å²) in [6.45, 7) is 5.39. The van der Waals surface area contributed by atoms with E-state index in [1.54, 1.807) is 11.3 Å². The number of anilines is 1. The van der Waals surface area contributed by atoms with Crippen LogP contribution in [0.5, 0.6) is 0 Å². The molecule has 2 aliphatic rings. The van der Waals surface area contributed by atoms with Gasteiger partial charge in [0.2, 0.25) is 0 Å². The maximum Gasteiger partial charge on any atom is 0.264 e. The average molecular weight is 429 g/mol.